The highest BCUT2D eigenvalue weighted by atomic mass is 19.4. The Balaban J connectivity index is 1.37. The molecule has 0 aromatic heterocycles. The summed E-state index contributed by atoms with van der Waals surface area (Å²) in [6.45, 7) is 6.82. The number of fused-ring (bicyclic) bond motifs is 5. The average Bonchev–Trinajstić information content (AvgIpc) is 3.20. The van der Waals surface area contributed by atoms with E-state index in [1.54, 1.807) is 7.11 Å². The van der Waals surface area contributed by atoms with E-state index in [1.807, 2.05) is 0 Å². The lowest BCUT2D eigenvalue weighted by Crippen LogP contribution is -2.59. The number of alkyl halides is 3. The Hall–Kier alpha value is -1.21. The van der Waals surface area contributed by atoms with Crippen molar-refractivity contribution in [2.45, 2.75) is 96.4 Å². The maximum absolute atomic E-state index is 14.0. The maximum atomic E-state index is 14.0. The average molecular weight is 543 g/mol. The number of methoxy groups -OCH3 is 2. The summed E-state index contributed by atoms with van der Waals surface area (Å²) in [5, 5.41) is 0. The molecule has 4 fully saturated rings. The van der Waals surface area contributed by atoms with Crippen molar-refractivity contribution in [1.29, 1.82) is 0 Å². The van der Waals surface area contributed by atoms with Crippen molar-refractivity contribution < 1.29 is 31.4 Å². The zero-order valence-corrected chi connectivity index (χ0v) is 23.3. The van der Waals surface area contributed by atoms with E-state index in [2.05, 4.69) is 20.8 Å². The largest absolute Gasteiger partial charge is 0.417 e. The van der Waals surface area contributed by atoms with Crippen molar-refractivity contribution in [3.63, 3.8) is 0 Å². The third-order valence-electron chi connectivity index (χ3n) is 12.3. The van der Waals surface area contributed by atoms with Crippen LogP contribution in [0.5, 0.6) is 0 Å². The van der Waals surface area contributed by atoms with E-state index in [-0.39, 0.29) is 35.5 Å². The standard InChI is InChI=1S/C31H43F5O2/c1-18(27(37-4)19-14-21(32)16-22(33)15-19)24-8-9-25-23-7-6-20-17-30(38-5,31(34,35)36)13-12-28(20,2)26(23)10-11-29(24,25)3/h14-16,18,20,23-27H,6-13,17H2,1-5H3/t18-,20+,23-,24+,25-,26-,27-,28-,29+,30+/m0/s1. The number of hydrogen-bond acceptors (Lipinski definition) is 2. The summed E-state index contributed by atoms with van der Waals surface area (Å²) >= 11 is 0. The van der Waals surface area contributed by atoms with Crippen molar-refractivity contribution >= 4 is 0 Å². The molecule has 0 saturated heterocycles. The Kier molecular flexibility index (Phi) is 7.24. The van der Waals surface area contributed by atoms with Crippen molar-refractivity contribution in [2.24, 2.45) is 46.3 Å². The van der Waals surface area contributed by atoms with E-state index in [4.69, 9.17) is 9.47 Å². The van der Waals surface area contributed by atoms with Crippen LogP contribution in [0.4, 0.5) is 22.0 Å². The summed E-state index contributed by atoms with van der Waals surface area (Å²) in [6.07, 6.45) is 1.98. The summed E-state index contributed by atoms with van der Waals surface area (Å²) in [6, 6.07) is 3.65. The molecule has 214 valence electrons. The van der Waals surface area contributed by atoms with Crippen LogP contribution in [0.3, 0.4) is 0 Å². The molecule has 0 unspecified atom stereocenters. The summed E-state index contributed by atoms with van der Waals surface area (Å²) in [5.41, 5.74) is -1.47. The van der Waals surface area contributed by atoms with E-state index in [0.29, 0.717) is 35.7 Å². The van der Waals surface area contributed by atoms with Crippen LogP contribution in [0.25, 0.3) is 0 Å². The van der Waals surface area contributed by atoms with Crippen LogP contribution in [0.15, 0.2) is 18.2 Å². The normalized spacial score (nSPS) is 42.6. The fourth-order valence-electron chi connectivity index (χ4n) is 10.3. The van der Waals surface area contributed by atoms with Gasteiger partial charge in [-0.15, -0.1) is 0 Å². The van der Waals surface area contributed by atoms with E-state index >= 15 is 0 Å². The van der Waals surface area contributed by atoms with Gasteiger partial charge >= 0.3 is 6.18 Å². The Morgan fingerprint density at radius 3 is 2.11 bits per heavy atom. The summed E-state index contributed by atoms with van der Waals surface area (Å²) in [4.78, 5) is 0. The molecule has 0 heterocycles. The van der Waals surface area contributed by atoms with Gasteiger partial charge in [-0.05, 0) is 122 Å². The SMILES string of the molecule is CO[C@H](c1cc(F)cc(F)c1)[C@@H](C)[C@H]1CC[C@H]2[C@@H]3CC[C@@H]4C[C@@](OC)(C(F)(F)F)CC[C@]4(C)[C@H]3CC[C@]12C. The van der Waals surface area contributed by atoms with Crippen LogP contribution in [-0.2, 0) is 9.47 Å². The molecular formula is C31H43F5O2. The van der Waals surface area contributed by atoms with Crippen LogP contribution >= 0.6 is 0 Å². The monoisotopic (exact) mass is 542 g/mol. The number of hydrogen-bond donors (Lipinski definition) is 0. The molecule has 0 radical (unpaired) electrons. The van der Waals surface area contributed by atoms with Crippen molar-refractivity contribution in [2.75, 3.05) is 14.2 Å². The molecule has 4 saturated carbocycles. The van der Waals surface area contributed by atoms with Gasteiger partial charge in [0.25, 0.3) is 0 Å². The quantitative estimate of drug-likeness (QED) is 0.346. The zero-order chi connectivity index (χ0) is 27.7. The lowest BCUT2D eigenvalue weighted by Gasteiger charge is -2.62. The van der Waals surface area contributed by atoms with Crippen molar-refractivity contribution in [1.82, 2.24) is 0 Å². The lowest BCUT2D eigenvalue weighted by molar-refractivity contribution is -0.299. The Labute approximate surface area is 224 Å². The zero-order valence-electron chi connectivity index (χ0n) is 23.3. The third-order valence-corrected chi connectivity index (χ3v) is 12.3. The van der Waals surface area contributed by atoms with Crippen LogP contribution in [0, 0.1) is 58.0 Å². The second-order valence-electron chi connectivity index (χ2n) is 13.5. The van der Waals surface area contributed by atoms with Crippen LogP contribution in [-0.4, -0.2) is 26.0 Å². The summed E-state index contributed by atoms with van der Waals surface area (Å²) < 4.78 is 81.3. The topological polar surface area (TPSA) is 18.5 Å². The van der Waals surface area contributed by atoms with Gasteiger partial charge in [0.05, 0.1) is 6.10 Å². The maximum Gasteiger partial charge on any atom is 0.417 e. The van der Waals surface area contributed by atoms with Crippen LogP contribution in [0.2, 0.25) is 0 Å². The molecule has 4 aliphatic rings. The summed E-state index contributed by atoms with van der Waals surface area (Å²) in [5.74, 6) is 0.756. The molecule has 2 nitrogen and oxygen atoms in total. The Morgan fingerprint density at radius 2 is 1.50 bits per heavy atom. The highest BCUT2D eigenvalue weighted by molar-refractivity contribution is 5.22. The lowest BCUT2D eigenvalue weighted by atomic mass is 9.43. The molecule has 0 N–H and O–H groups in total. The van der Waals surface area contributed by atoms with E-state index in [9.17, 15) is 22.0 Å². The minimum absolute atomic E-state index is 0.0281. The predicted molar refractivity (Wildman–Crippen MR) is 136 cm³/mol. The second-order valence-corrected chi connectivity index (χ2v) is 13.5. The molecule has 1 aromatic carbocycles. The number of benzene rings is 1. The highest BCUT2D eigenvalue weighted by Gasteiger charge is 2.66. The molecule has 0 bridgehead atoms. The first kappa shape index (κ1) is 28.3. The number of halogens is 5. The van der Waals surface area contributed by atoms with Crippen LogP contribution < -0.4 is 0 Å². The van der Waals surface area contributed by atoms with Gasteiger partial charge in [-0.2, -0.15) is 13.2 Å². The minimum Gasteiger partial charge on any atom is -0.376 e. The fraction of sp³-hybridized carbons (Fsp3) is 0.806. The molecule has 10 atom stereocenters. The highest BCUT2D eigenvalue weighted by Crippen LogP contribution is 2.70. The molecule has 38 heavy (non-hydrogen) atoms. The molecule has 4 aliphatic carbocycles. The molecule has 0 spiro atoms. The van der Waals surface area contributed by atoms with Gasteiger partial charge in [-0.1, -0.05) is 20.8 Å². The van der Waals surface area contributed by atoms with E-state index in [0.717, 1.165) is 44.6 Å². The second kappa shape index (κ2) is 9.71. The first-order chi connectivity index (χ1) is 17.8. The molecule has 1 aromatic rings. The van der Waals surface area contributed by atoms with Gasteiger partial charge in [0.1, 0.15) is 11.6 Å². The van der Waals surface area contributed by atoms with Gasteiger partial charge in [-0.3, -0.25) is 0 Å². The predicted octanol–water partition coefficient (Wildman–Crippen LogP) is 8.89. The number of rotatable bonds is 5. The van der Waals surface area contributed by atoms with Gasteiger partial charge in [-0.25, -0.2) is 8.78 Å². The fourth-order valence-corrected chi connectivity index (χ4v) is 10.3. The Bertz CT molecular complexity index is 1010. The third kappa shape index (κ3) is 4.24. The van der Waals surface area contributed by atoms with E-state index < -0.39 is 29.5 Å². The Morgan fingerprint density at radius 1 is 0.842 bits per heavy atom. The first-order valence-corrected chi connectivity index (χ1v) is 14.4. The van der Waals surface area contributed by atoms with Crippen molar-refractivity contribution in [3.05, 3.63) is 35.4 Å². The molecule has 0 amide bonds. The molecule has 0 aliphatic heterocycles. The first-order valence-electron chi connectivity index (χ1n) is 14.4. The minimum atomic E-state index is -4.34. The molecular weight excluding hydrogens is 499 g/mol. The van der Waals surface area contributed by atoms with Crippen LogP contribution in [0.1, 0.15) is 90.2 Å². The van der Waals surface area contributed by atoms with Gasteiger partial charge in [0.15, 0.2) is 5.60 Å². The molecule has 7 heteroatoms. The van der Waals surface area contributed by atoms with Gasteiger partial charge < -0.3 is 9.47 Å². The van der Waals surface area contributed by atoms with E-state index in [1.165, 1.54) is 19.2 Å². The molecule has 5 rings (SSSR count). The number of ether oxygens (including phenoxy) is 2. The smallest absolute Gasteiger partial charge is 0.376 e. The van der Waals surface area contributed by atoms with Crippen molar-refractivity contribution in [3.8, 4) is 0 Å². The van der Waals surface area contributed by atoms with Gasteiger partial charge in [0, 0.05) is 20.3 Å². The van der Waals surface area contributed by atoms with Gasteiger partial charge in [0.2, 0.25) is 0 Å². The summed E-state index contributed by atoms with van der Waals surface area (Å²) in [7, 11) is 2.83.